The first-order valence-electron chi connectivity index (χ1n) is 18.6. The molecule has 3 heteroatoms. The zero-order valence-corrected chi connectivity index (χ0v) is 29.8. The van der Waals surface area contributed by atoms with Crippen molar-refractivity contribution in [2.45, 2.75) is 0 Å². The van der Waals surface area contributed by atoms with Gasteiger partial charge in [-0.15, -0.1) is 0 Å². The molecule has 55 heavy (non-hydrogen) atoms. The Bertz CT molecular complexity index is 3250. The van der Waals surface area contributed by atoms with Crippen LogP contribution >= 0.6 is 0 Å². The van der Waals surface area contributed by atoms with E-state index in [1.54, 1.807) is 0 Å². The summed E-state index contributed by atoms with van der Waals surface area (Å²) >= 11 is 0. The van der Waals surface area contributed by atoms with Crippen LogP contribution in [0.3, 0.4) is 0 Å². The highest BCUT2D eigenvalue weighted by molar-refractivity contribution is 6.22. The average Bonchev–Trinajstić information content (AvgIpc) is 3.65. The molecule has 0 saturated heterocycles. The highest BCUT2D eigenvalue weighted by Crippen LogP contribution is 2.43. The number of benzene rings is 9. The van der Waals surface area contributed by atoms with Crippen molar-refractivity contribution < 1.29 is 4.42 Å². The molecule has 0 fully saturated rings. The van der Waals surface area contributed by atoms with Crippen LogP contribution in [0.25, 0.3) is 110 Å². The maximum atomic E-state index is 6.68. The Hall–Kier alpha value is -7.36. The Kier molecular flexibility index (Phi) is 7.17. The van der Waals surface area contributed by atoms with E-state index in [0.29, 0.717) is 5.82 Å². The minimum atomic E-state index is 0.670. The predicted molar refractivity (Wildman–Crippen MR) is 229 cm³/mol. The van der Waals surface area contributed by atoms with E-state index in [9.17, 15) is 0 Å². The summed E-state index contributed by atoms with van der Waals surface area (Å²) in [6.07, 6.45) is 0. The number of furan rings is 1. The molecule has 0 amide bonds. The number of aromatic nitrogens is 2. The van der Waals surface area contributed by atoms with Gasteiger partial charge in [0.15, 0.2) is 5.82 Å². The minimum absolute atomic E-state index is 0.670. The summed E-state index contributed by atoms with van der Waals surface area (Å²) in [6, 6.07) is 68.6. The van der Waals surface area contributed by atoms with Crippen LogP contribution in [0.2, 0.25) is 0 Å². The van der Waals surface area contributed by atoms with Crippen LogP contribution < -0.4 is 0 Å². The lowest BCUT2D eigenvalue weighted by Crippen LogP contribution is -1.97. The van der Waals surface area contributed by atoms with Gasteiger partial charge in [-0.2, -0.15) is 0 Å². The van der Waals surface area contributed by atoms with Crippen molar-refractivity contribution in [1.29, 1.82) is 0 Å². The van der Waals surface area contributed by atoms with Gasteiger partial charge in [-0.05, 0) is 79.5 Å². The standard InChI is InChI=1S/C52H32N2O/c1-2-13-36(14-3-1)42-19-10-20-49-50(42)46-31-45(43-17-8-9-18-44(43)51(46)55-49)52-53-47(32-48(54-52)41-28-24-34-12-5-7-16-39(34)30-41)37-25-21-35(22-26-37)40-27-23-33-11-4-6-15-38(33)29-40/h1-32H. The zero-order valence-electron chi connectivity index (χ0n) is 29.8. The fourth-order valence-corrected chi connectivity index (χ4v) is 8.11. The molecule has 0 N–H and O–H groups in total. The van der Waals surface area contributed by atoms with Gasteiger partial charge >= 0.3 is 0 Å². The van der Waals surface area contributed by atoms with Crippen molar-refractivity contribution in [3.8, 4) is 56.2 Å². The molecule has 11 aromatic rings. The van der Waals surface area contributed by atoms with Gasteiger partial charge in [0.1, 0.15) is 11.2 Å². The van der Waals surface area contributed by atoms with Crippen LogP contribution in [0, 0.1) is 0 Å². The van der Waals surface area contributed by atoms with Crippen LogP contribution in [-0.4, -0.2) is 9.97 Å². The van der Waals surface area contributed by atoms with Crippen molar-refractivity contribution in [2.24, 2.45) is 0 Å². The Morgan fingerprint density at radius 2 is 0.909 bits per heavy atom. The summed E-state index contributed by atoms with van der Waals surface area (Å²) in [5, 5.41) is 9.05. The molecule has 0 atom stereocenters. The third-order valence-electron chi connectivity index (χ3n) is 10.9. The molecular weight excluding hydrogens is 669 g/mol. The van der Waals surface area contributed by atoms with E-state index in [4.69, 9.17) is 14.4 Å². The van der Waals surface area contributed by atoms with Crippen LogP contribution in [0.1, 0.15) is 0 Å². The van der Waals surface area contributed by atoms with Gasteiger partial charge in [-0.25, -0.2) is 9.97 Å². The first kappa shape index (κ1) is 31.2. The molecular formula is C52H32N2O. The number of rotatable bonds is 5. The number of fused-ring (bicyclic) bond motifs is 7. The molecule has 0 unspecified atom stereocenters. The van der Waals surface area contributed by atoms with E-state index in [1.807, 2.05) is 0 Å². The van der Waals surface area contributed by atoms with Crippen LogP contribution in [0.15, 0.2) is 199 Å². The molecule has 2 heterocycles. The van der Waals surface area contributed by atoms with Crippen molar-refractivity contribution in [2.75, 3.05) is 0 Å². The Labute approximate surface area is 317 Å². The number of hydrogen-bond donors (Lipinski definition) is 0. The van der Waals surface area contributed by atoms with Crippen molar-refractivity contribution in [3.05, 3.63) is 194 Å². The Morgan fingerprint density at radius 1 is 0.327 bits per heavy atom. The second-order valence-corrected chi connectivity index (χ2v) is 14.2. The lowest BCUT2D eigenvalue weighted by Gasteiger charge is -2.13. The van der Waals surface area contributed by atoms with E-state index in [-0.39, 0.29) is 0 Å². The van der Waals surface area contributed by atoms with Crippen molar-refractivity contribution in [1.82, 2.24) is 9.97 Å². The van der Waals surface area contributed by atoms with Gasteiger partial charge in [-0.3, -0.25) is 0 Å². The number of nitrogens with zero attached hydrogens (tertiary/aromatic N) is 2. The Morgan fingerprint density at radius 3 is 1.65 bits per heavy atom. The van der Waals surface area contributed by atoms with Gasteiger partial charge in [0.05, 0.1) is 11.4 Å². The molecule has 256 valence electrons. The monoisotopic (exact) mass is 700 g/mol. The molecule has 0 bridgehead atoms. The second kappa shape index (κ2) is 12.6. The van der Waals surface area contributed by atoms with Crippen molar-refractivity contribution >= 4 is 54.3 Å². The predicted octanol–water partition coefficient (Wildman–Crippen LogP) is 14.2. The first-order valence-corrected chi connectivity index (χ1v) is 18.6. The normalized spacial score (nSPS) is 11.6. The van der Waals surface area contributed by atoms with Crippen LogP contribution in [0.4, 0.5) is 0 Å². The SMILES string of the molecule is c1ccc(-c2cccc3oc4c5ccccc5c(-c5nc(-c6ccc(-c7ccc8ccccc8c7)cc6)cc(-c6ccc7ccccc7c6)n5)cc4c23)cc1. The molecule has 0 aliphatic heterocycles. The molecule has 3 nitrogen and oxygen atoms in total. The third-order valence-corrected chi connectivity index (χ3v) is 10.9. The Balaban J connectivity index is 1.13. The first-order chi connectivity index (χ1) is 27.2. The van der Waals surface area contributed by atoms with Gasteiger partial charge in [0.2, 0.25) is 0 Å². The lowest BCUT2D eigenvalue weighted by atomic mass is 9.95. The smallest absolute Gasteiger partial charge is 0.161 e. The fraction of sp³-hybridized carbons (Fsp3) is 0. The molecule has 0 spiro atoms. The molecule has 2 aromatic heterocycles. The summed E-state index contributed by atoms with van der Waals surface area (Å²) in [6.45, 7) is 0. The van der Waals surface area contributed by atoms with Crippen LogP contribution in [0.5, 0.6) is 0 Å². The highest BCUT2D eigenvalue weighted by atomic mass is 16.3. The topological polar surface area (TPSA) is 38.9 Å². The highest BCUT2D eigenvalue weighted by Gasteiger charge is 2.20. The maximum absolute atomic E-state index is 6.68. The van der Waals surface area contributed by atoms with Crippen LogP contribution in [-0.2, 0) is 0 Å². The van der Waals surface area contributed by atoms with E-state index in [0.717, 1.165) is 77.5 Å². The molecule has 0 saturated carbocycles. The van der Waals surface area contributed by atoms with E-state index < -0.39 is 0 Å². The van der Waals surface area contributed by atoms with Gasteiger partial charge in [-0.1, -0.05) is 164 Å². The molecule has 0 aliphatic rings. The molecule has 0 aliphatic carbocycles. The van der Waals surface area contributed by atoms with E-state index >= 15 is 0 Å². The van der Waals surface area contributed by atoms with Gasteiger partial charge in [0.25, 0.3) is 0 Å². The molecule has 0 radical (unpaired) electrons. The van der Waals surface area contributed by atoms with E-state index in [2.05, 4.69) is 194 Å². The van der Waals surface area contributed by atoms with Gasteiger partial charge < -0.3 is 4.42 Å². The summed E-state index contributed by atoms with van der Waals surface area (Å²) in [5.41, 5.74) is 11.1. The second-order valence-electron chi connectivity index (χ2n) is 14.2. The summed E-state index contributed by atoms with van der Waals surface area (Å²) in [7, 11) is 0. The molecule has 9 aromatic carbocycles. The lowest BCUT2D eigenvalue weighted by molar-refractivity contribution is 0.673. The summed E-state index contributed by atoms with van der Waals surface area (Å²) in [5.74, 6) is 0.670. The summed E-state index contributed by atoms with van der Waals surface area (Å²) < 4.78 is 6.68. The molecule has 11 rings (SSSR count). The van der Waals surface area contributed by atoms with E-state index in [1.165, 1.54) is 27.1 Å². The summed E-state index contributed by atoms with van der Waals surface area (Å²) in [4.78, 5) is 10.7. The third kappa shape index (κ3) is 5.36. The average molecular weight is 701 g/mol. The number of hydrogen-bond acceptors (Lipinski definition) is 3. The maximum Gasteiger partial charge on any atom is 0.161 e. The fourth-order valence-electron chi connectivity index (χ4n) is 8.11. The minimum Gasteiger partial charge on any atom is -0.455 e. The zero-order chi connectivity index (χ0) is 36.3. The largest absolute Gasteiger partial charge is 0.455 e. The van der Waals surface area contributed by atoms with Crippen molar-refractivity contribution in [3.63, 3.8) is 0 Å². The van der Waals surface area contributed by atoms with Gasteiger partial charge in [0, 0.05) is 32.8 Å². The quantitative estimate of drug-likeness (QED) is 0.179.